The number of benzene rings is 2. The number of para-hydroxylation sites is 1. The molecule has 0 bridgehead atoms. The summed E-state index contributed by atoms with van der Waals surface area (Å²) in [4.78, 5) is 19.1. The highest BCUT2D eigenvalue weighted by atomic mass is 16.1. The lowest BCUT2D eigenvalue weighted by atomic mass is 10.0. The third-order valence-electron chi connectivity index (χ3n) is 4.93. The molecule has 0 aliphatic carbocycles. The van der Waals surface area contributed by atoms with Gasteiger partial charge < -0.3 is 10.2 Å². The van der Waals surface area contributed by atoms with Crippen LogP contribution in [0.15, 0.2) is 66.9 Å². The van der Waals surface area contributed by atoms with E-state index in [0.717, 1.165) is 30.6 Å². The van der Waals surface area contributed by atoms with Crippen LogP contribution in [-0.2, 0) is 13.0 Å². The van der Waals surface area contributed by atoms with Crippen molar-refractivity contribution in [1.29, 1.82) is 0 Å². The van der Waals surface area contributed by atoms with Crippen LogP contribution in [0.3, 0.4) is 0 Å². The maximum absolute atomic E-state index is 12.6. The molecule has 4 nitrogen and oxygen atoms in total. The minimum absolute atomic E-state index is 0.149. The quantitative estimate of drug-likeness (QED) is 0.752. The van der Waals surface area contributed by atoms with Crippen LogP contribution in [-0.4, -0.2) is 17.4 Å². The Hall–Kier alpha value is -3.14. The molecule has 1 aliphatic rings. The summed E-state index contributed by atoms with van der Waals surface area (Å²) < 4.78 is 0. The number of amides is 1. The van der Waals surface area contributed by atoms with Gasteiger partial charge in [-0.3, -0.25) is 9.78 Å². The Morgan fingerprint density at radius 3 is 2.89 bits per heavy atom. The molecule has 0 fully saturated rings. The summed E-state index contributed by atoms with van der Waals surface area (Å²) in [5, 5.41) is 2.97. The summed E-state index contributed by atoms with van der Waals surface area (Å²) in [6.45, 7) is 3.50. The second-order valence-electron chi connectivity index (χ2n) is 6.95. The predicted octanol–water partition coefficient (Wildman–Crippen LogP) is 4.40. The molecule has 1 aliphatic heterocycles. The Kier molecular flexibility index (Phi) is 4.88. The lowest BCUT2D eigenvalue weighted by Crippen LogP contribution is -2.26. The molecule has 0 spiro atoms. The second-order valence-corrected chi connectivity index (χ2v) is 6.95. The van der Waals surface area contributed by atoms with E-state index in [4.69, 9.17) is 0 Å². The van der Waals surface area contributed by atoms with E-state index in [1.54, 1.807) is 6.20 Å². The zero-order valence-corrected chi connectivity index (χ0v) is 15.5. The van der Waals surface area contributed by atoms with Crippen molar-refractivity contribution in [2.24, 2.45) is 0 Å². The largest absolute Gasteiger partial charge is 0.347 e. The fourth-order valence-electron chi connectivity index (χ4n) is 3.61. The van der Waals surface area contributed by atoms with E-state index >= 15 is 0 Å². The number of aromatic nitrogens is 1. The van der Waals surface area contributed by atoms with Crippen molar-refractivity contribution in [2.75, 3.05) is 11.4 Å². The van der Waals surface area contributed by atoms with Crippen LogP contribution in [0.5, 0.6) is 0 Å². The SMILES string of the molecule is Cc1cccc(CNC(=O)c2cc(N3CCCc4ccccc43)ccn2)c1. The van der Waals surface area contributed by atoms with Crippen molar-refractivity contribution in [3.63, 3.8) is 0 Å². The smallest absolute Gasteiger partial charge is 0.270 e. The first kappa shape index (κ1) is 17.3. The maximum Gasteiger partial charge on any atom is 0.270 e. The van der Waals surface area contributed by atoms with Crippen LogP contribution in [0, 0.1) is 6.92 Å². The zero-order valence-electron chi connectivity index (χ0n) is 15.5. The first-order chi connectivity index (χ1) is 13.2. The van der Waals surface area contributed by atoms with Gasteiger partial charge in [-0.2, -0.15) is 0 Å². The lowest BCUT2D eigenvalue weighted by Gasteiger charge is -2.31. The Morgan fingerprint density at radius 1 is 1.11 bits per heavy atom. The minimum atomic E-state index is -0.149. The molecule has 1 N–H and O–H groups in total. The fraction of sp³-hybridized carbons (Fsp3) is 0.217. The van der Waals surface area contributed by atoms with Crippen molar-refractivity contribution in [3.05, 3.63) is 89.2 Å². The standard InChI is InChI=1S/C23H23N3O/c1-17-6-4-7-18(14-17)16-25-23(27)21-15-20(11-12-24-21)26-13-5-9-19-8-2-3-10-22(19)26/h2-4,6-8,10-12,14-15H,5,9,13,16H2,1H3,(H,25,27). The number of carbonyl (C=O) groups is 1. The molecule has 136 valence electrons. The van der Waals surface area contributed by atoms with Gasteiger partial charge in [-0.05, 0) is 49.1 Å². The summed E-state index contributed by atoms with van der Waals surface area (Å²) >= 11 is 0. The molecular weight excluding hydrogens is 334 g/mol. The molecule has 0 unspecified atom stereocenters. The molecule has 4 rings (SSSR count). The number of rotatable bonds is 4. The van der Waals surface area contributed by atoms with E-state index in [2.05, 4.69) is 45.5 Å². The number of nitrogens with zero attached hydrogens (tertiary/aromatic N) is 2. The molecule has 27 heavy (non-hydrogen) atoms. The van der Waals surface area contributed by atoms with E-state index in [1.807, 2.05) is 37.3 Å². The van der Waals surface area contributed by atoms with Gasteiger partial charge in [0.15, 0.2) is 0 Å². The highest BCUT2D eigenvalue weighted by Crippen LogP contribution is 2.33. The average Bonchev–Trinajstić information content (AvgIpc) is 2.72. The van der Waals surface area contributed by atoms with E-state index in [9.17, 15) is 4.79 Å². The molecule has 0 radical (unpaired) electrons. The van der Waals surface area contributed by atoms with Crippen LogP contribution in [0.25, 0.3) is 0 Å². The number of hydrogen-bond acceptors (Lipinski definition) is 3. The summed E-state index contributed by atoms with van der Waals surface area (Å²) in [5.74, 6) is -0.149. The Morgan fingerprint density at radius 2 is 2.00 bits per heavy atom. The van der Waals surface area contributed by atoms with Gasteiger partial charge in [-0.15, -0.1) is 0 Å². The number of anilines is 2. The number of pyridine rings is 1. The summed E-state index contributed by atoms with van der Waals surface area (Å²) in [5.41, 5.74) is 6.31. The Labute approximate surface area is 159 Å². The van der Waals surface area contributed by atoms with Gasteiger partial charge in [0.1, 0.15) is 5.69 Å². The van der Waals surface area contributed by atoms with Gasteiger partial charge in [0.25, 0.3) is 5.91 Å². The zero-order chi connectivity index (χ0) is 18.6. The summed E-state index contributed by atoms with van der Waals surface area (Å²) in [6, 6.07) is 20.5. The van der Waals surface area contributed by atoms with Crippen molar-refractivity contribution in [3.8, 4) is 0 Å². The molecule has 0 atom stereocenters. The topological polar surface area (TPSA) is 45.2 Å². The molecule has 4 heteroatoms. The van der Waals surface area contributed by atoms with Gasteiger partial charge in [-0.1, -0.05) is 48.0 Å². The van der Waals surface area contributed by atoms with Gasteiger partial charge in [-0.25, -0.2) is 0 Å². The molecule has 1 aromatic heterocycles. The number of aryl methyl sites for hydroxylation is 2. The van der Waals surface area contributed by atoms with Crippen LogP contribution >= 0.6 is 0 Å². The first-order valence-corrected chi connectivity index (χ1v) is 9.36. The number of nitrogens with one attached hydrogen (secondary N) is 1. The van der Waals surface area contributed by atoms with E-state index < -0.39 is 0 Å². The van der Waals surface area contributed by atoms with E-state index in [1.165, 1.54) is 16.8 Å². The number of carbonyl (C=O) groups excluding carboxylic acids is 1. The highest BCUT2D eigenvalue weighted by Gasteiger charge is 2.19. The van der Waals surface area contributed by atoms with Crippen molar-refractivity contribution >= 4 is 17.3 Å². The Balaban J connectivity index is 1.52. The van der Waals surface area contributed by atoms with Gasteiger partial charge in [0.05, 0.1) is 0 Å². The lowest BCUT2D eigenvalue weighted by molar-refractivity contribution is 0.0946. The fourth-order valence-corrected chi connectivity index (χ4v) is 3.61. The first-order valence-electron chi connectivity index (χ1n) is 9.36. The molecule has 2 aromatic carbocycles. The third-order valence-corrected chi connectivity index (χ3v) is 4.93. The summed E-state index contributed by atoms with van der Waals surface area (Å²) in [7, 11) is 0. The number of hydrogen-bond donors (Lipinski definition) is 1. The summed E-state index contributed by atoms with van der Waals surface area (Å²) in [6.07, 6.45) is 3.92. The van der Waals surface area contributed by atoms with Gasteiger partial charge in [0, 0.05) is 30.7 Å². The van der Waals surface area contributed by atoms with Crippen LogP contribution in [0.2, 0.25) is 0 Å². The average molecular weight is 357 g/mol. The van der Waals surface area contributed by atoms with Crippen molar-refractivity contribution < 1.29 is 4.79 Å². The maximum atomic E-state index is 12.6. The monoisotopic (exact) mass is 357 g/mol. The normalized spacial score (nSPS) is 13.1. The molecule has 0 saturated heterocycles. The second kappa shape index (κ2) is 7.62. The minimum Gasteiger partial charge on any atom is -0.347 e. The molecule has 3 aromatic rings. The third kappa shape index (κ3) is 3.85. The number of fused-ring (bicyclic) bond motifs is 1. The van der Waals surface area contributed by atoms with Crippen LogP contribution < -0.4 is 10.2 Å². The van der Waals surface area contributed by atoms with E-state index in [-0.39, 0.29) is 5.91 Å². The van der Waals surface area contributed by atoms with Crippen LogP contribution in [0.1, 0.15) is 33.6 Å². The van der Waals surface area contributed by atoms with E-state index in [0.29, 0.717) is 12.2 Å². The molecule has 0 saturated carbocycles. The van der Waals surface area contributed by atoms with Crippen molar-refractivity contribution in [1.82, 2.24) is 10.3 Å². The predicted molar refractivity (Wildman–Crippen MR) is 108 cm³/mol. The highest BCUT2D eigenvalue weighted by molar-refractivity contribution is 5.93. The van der Waals surface area contributed by atoms with Gasteiger partial charge >= 0.3 is 0 Å². The molecule has 2 heterocycles. The molecular formula is C23H23N3O. The van der Waals surface area contributed by atoms with Crippen molar-refractivity contribution in [2.45, 2.75) is 26.3 Å². The Bertz CT molecular complexity index is 967. The van der Waals surface area contributed by atoms with Gasteiger partial charge in [0.2, 0.25) is 0 Å². The molecule has 1 amide bonds. The van der Waals surface area contributed by atoms with Crippen LogP contribution in [0.4, 0.5) is 11.4 Å².